The molecule has 0 atom stereocenters. The van der Waals surface area contributed by atoms with Crippen molar-refractivity contribution in [3.05, 3.63) is 110 Å². The molecule has 2 aliphatic rings. The zero-order valence-corrected chi connectivity index (χ0v) is 21.5. The summed E-state index contributed by atoms with van der Waals surface area (Å²) in [6.45, 7) is 2.09. The predicted molar refractivity (Wildman–Crippen MR) is 143 cm³/mol. The number of halogens is 6. The molecule has 3 aromatic rings. The van der Waals surface area contributed by atoms with E-state index in [0.29, 0.717) is 30.9 Å². The molecule has 0 spiro atoms. The zero-order chi connectivity index (χ0) is 26.9. The fourth-order valence-corrected chi connectivity index (χ4v) is 5.71. The van der Waals surface area contributed by atoms with Gasteiger partial charge in [-0.3, -0.25) is 9.29 Å². The van der Waals surface area contributed by atoms with Crippen molar-refractivity contribution in [1.29, 1.82) is 0 Å². The summed E-state index contributed by atoms with van der Waals surface area (Å²) in [4.78, 5) is 2.19. The van der Waals surface area contributed by atoms with Crippen molar-refractivity contribution in [2.45, 2.75) is 31.9 Å². The fourth-order valence-electron chi connectivity index (χ4n) is 5.38. The largest absolute Gasteiger partial charge is 0.417 e. The highest BCUT2D eigenvalue weighted by molar-refractivity contribution is 6.33. The van der Waals surface area contributed by atoms with E-state index < -0.39 is 22.6 Å². The van der Waals surface area contributed by atoms with Gasteiger partial charge in [-0.25, -0.2) is 4.39 Å². The van der Waals surface area contributed by atoms with Gasteiger partial charge in [0.25, 0.3) is 0 Å². The van der Waals surface area contributed by atoms with E-state index in [4.69, 9.17) is 11.6 Å². The van der Waals surface area contributed by atoms with Gasteiger partial charge >= 0.3 is 6.18 Å². The number of hydrogen-bond acceptors (Lipinski definition) is 1. The second-order valence-electron chi connectivity index (χ2n) is 9.85. The lowest BCUT2D eigenvalue weighted by Gasteiger charge is -2.33. The number of nitrogens with zero attached hydrogens (tertiary/aromatic N) is 1. The van der Waals surface area contributed by atoms with Crippen LogP contribution in [0.1, 0.15) is 52.6 Å². The average molecular weight is 544 g/mol. The van der Waals surface area contributed by atoms with E-state index in [-0.39, 0.29) is 12.2 Å². The number of benzene rings is 3. The SMILES string of the molecule is FCCCN1CC(=Cc2ccc(C3=C(c4cc(F)cc(C(F)(F)F)c4Cl)CCCc4ccccc43)cc2)C1. The standard InChI is InChI=1S/C31H27ClF5N/c32-30-27(16-24(34)17-28(30)31(35,36)37)26-8-3-6-22-5-1-2-7-25(22)29(26)23-11-9-20(10-12-23)15-21-18-38(19-21)14-4-13-33/h1-2,5,7,9-12,15-17H,3-4,6,8,13-14,18-19H2. The van der Waals surface area contributed by atoms with Crippen molar-refractivity contribution in [3.63, 3.8) is 0 Å². The lowest BCUT2D eigenvalue weighted by Crippen LogP contribution is -2.40. The van der Waals surface area contributed by atoms with Gasteiger partial charge in [-0.05, 0) is 76.8 Å². The Balaban J connectivity index is 1.58. The molecule has 0 radical (unpaired) electrons. The number of likely N-dealkylation sites (tertiary alicyclic amines) is 1. The smallest absolute Gasteiger partial charge is 0.295 e. The molecule has 0 N–H and O–H groups in total. The second-order valence-corrected chi connectivity index (χ2v) is 10.2. The Morgan fingerprint density at radius 1 is 0.921 bits per heavy atom. The molecular formula is C31H27ClF5N. The summed E-state index contributed by atoms with van der Waals surface area (Å²) < 4.78 is 68.0. The number of fused-ring (bicyclic) bond motifs is 1. The monoisotopic (exact) mass is 543 g/mol. The van der Waals surface area contributed by atoms with Crippen molar-refractivity contribution in [2.75, 3.05) is 26.3 Å². The number of allylic oxidation sites excluding steroid dienone is 1. The summed E-state index contributed by atoms with van der Waals surface area (Å²) in [5.41, 5.74) is 5.43. The Bertz CT molecular complexity index is 1380. The van der Waals surface area contributed by atoms with E-state index in [9.17, 15) is 22.0 Å². The van der Waals surface area contributed by atoms with Crippen LogP contribution in [0.3, 0.4) is 0 Å². The van der Waals surface area contributed by atoms with Crippen LogP contribution in [0.15, 0.2) is 66.2 Å². The van der Waals surface area contributed by atoms with Crippen molar-refractivity contribution in [3.8, 4) is 0 Å². The third kappa shape index (κ3) is 5.57. The molecule has 0 aromatic heterocycles. The van der Waals surface area contributed by atoms with Crippen LogP contribution in [0.2, 0.25) is 5.02 Å². The van der Waals surface area contributed by atoms with Crippen LogP contribution in [-0.2, 0) is 12.6 Å². The minimum absolute atomic E-state index is 0.0831. The van der Waals surface area contributed by atoms with E-state index in [1.807, 2.05) is 48.5 Å². The van der Waals surface area contributed by atoms with Crippen LogP contribution in [0.4, 0.5) is 22.0 Å². The Hall–Kier alpha value is -2.96. The van der Waals surface area contributed by atoms with Crippen molar-refractivity contribution in [1.82, 2.24) is 4.90 Å². The number of rotatable bonds is 6. The van der Waals surface area contributed by atoms with Crippen molar-refractivity contribution < 1.29 is 22.0 Å². The lowest BCUT2D eigenvalue weighted by atomic mass is 9.87. The molecule has 1 aliphatic carbocycles. The van der Waals surface area contributed by atoms with E-state index in [1.54, 1.807) is 0 Å². The van der Waals surface area contributed by atoms with Gasteiger partial charge in [0.1, 0.15) is 5.82 Å². The highest BCUT2D eigenvalue weighted by atomic mass is 35.5. The maximum absolute atomic E-state index is 14.5. The highest BCUT2D eigenvalue weighted by Crippen LogP contribution is 2.45. The van der Waals surface area contributed by atoms with Gasteiger partial charge in [0.05, 0.1) is 17.3 Å². The van der Waals surface area contributed by atoms with Gasteiger partial charge in [-0.2, -0.15) is 13.2 Å². The third-order valence-electron chi connectivity index (χ3n) is 7.16. The zero-order valence-electron chi connectivity index (χ0n) is 20.7. The Morgan fingerprint density at radius 2 is 1.66 bits per heavy atom. The van der Waals surface area contributed by atoms with Gasteiger partial charge in [0.2, 0.25) is 0 Å². The molecule has 1 saturated heterocycles. The summed E-state index contributed by atoms with van der Waals surface area (Å²) in [6, 6.07) is 17.3. The number of alkyl halides is 4. The summed E-state index contributed by atoms with van der Waals surface area (Å²) in [7, 11) is 0. The molecule has 1 nitrogen and oxygen atoms in total. The van der Waals surface area contributed by atoms with E-state index in [0.717, 1.165) is 59.9 Å². The molecule has 0 saturated carbocycles. The van der Waals surface area contributed by atoms with E-state index in [2.05, 4.69) is 11.0 Å². The molecule has 0 bridgehead atoms. The van der Waals surface area contributed by atoms with Gasteiger partial charge in [0.15, 0.2) is 0 Å². The van der Waals surface area contributed by atoms with E-state index in [1.165, 1.54) is 5.57 Å². The molecule has 1 aliphatic heterocycles. The third-order valence-corrected chi connectivity index (χ3v) is 7.57. The molecule has 38 heavy (non-hydrogen) atoms. The Kier molecular flexibility index (Phi) is 7.73. The first-order valence-electron chi connectivity index (χ1n) is 12.7. The Morgan fingerprint density at radius 3 is 2.37 bits per heavy atom. The minimum Gasteiger partial charge on any atom is -0.295 e. The molecule has 1 fully saturated rings. The van der Waals surface area contributed by atoms with Gasteiger partial charge < -0.3 is 0 Å². The quantitative estimate of drug-likeness (QED) is 0.281. The van der Waals surface area contributed by atoms with Gasteiger partial charge in [-0.1, -0.05) is 66.2 Å². The maximum atomic E-state index is 14.5. The summed E-state index contributed by atoms with van der Waals surface area (Å²) in [5, 5.41) is -0.477. The van der Waals surface area contributed by atoms with Crippen LogP contribution in [-0.4, -0.2) is 31.2 Å². The van der Waals surface area contributed by atoms with Crippen LogP contribution in [0, 0.1) is 5.82 Å². The minimum atomic E-state index is -4.77. The summed E-state index contributed by atoms with van der Waals surface area (Å²) in [6.07, 6.45) is -0.190. The van der Waals surface area contributed by atoms with Crippen molar-refractivity contribution >= 4 is 28.8 Å². The topological polar surface area (TPSA) is 3.24 Å². The molecule has 3 aromatic carbocycles. The summed E-state index contributed by atoms with van der Waals surface area (Å²) in [5.74, 6) is -0.968. The molecule has 198 valence electrons. The molecule has 7 heteroatoms. The first-order chi connectivity index (χ1) is 18.2. The molecule has 1 heterocycles. The van der Waals surface area contributed by atoms with Crippen LogP contribution >= 0.6 is 11.6 Å². The molecule has 0 amide bonds. The van der Waals surface area contributed by atoms with Crippen LogP contribution in [0.5, 0.6) is 0 Å². The number of hydrogen-bond donors (Lipinski definition) is 0. The van der Waals surface area contributed by atoms with Gasteiger partial charge in [0, 0.05) is 25.2 Å². The van der Waals surface area contributed by atoms with Crippen LogP contribution < -0.4 is 0 Å². The maximum Gasteiger partial charge on any atom is 0.417 e. The normalized spacial score (nSPS) is 16.2. The van der Waals surface area contributed by atoms with E-state index >= 15 is 0 Å². The Labute approximate surface area is 224 Å². The van der Waals surface area contributed by atoms with Crippen molar-refractivity contribution in [2.24, 2.45) is 0 Å². The predicted octanol–water partition coefficient (Wildman–Crippen LogP) is 8.85. The average Bonchev–Trinajstić information content (AvgIpc) is 3.06. The first kappa shape index (κ1) is 26.6. The molecule has 5 rings (SSSR count). The van der Waals surface area contributed by atoms with Gasteiger partial charge in [-0.15, -0.1) is 0 Å². The second kappa shape index (κ2) is 11.0. The highest BCUT2D eigenvalue weighted by Gasteiger charge is 2.36. The fraction of sp³-hybridized carbons (Fsp3) is 0.290. The number of aryl methyl sites for hydroxylation is 1. The summed E-state index contributed by atoms with van der Waals surface area (Å²) >= 11 is 6.33. The molecular weight excluding hydrogens is 517 g/mol. The lowest BCUT2D eigenvalue weighted by molar-refractivity contribution is -0.137. The first-order valence-corrected chi connectivity index (χ1v) is 13.1. The molecule has 0 unspecified atom stereocenters. The van der Waals surface area contributed by atoms with Crippen LogP contribution in [0.25, 0.3) is 17.2 Å².